The smallest absolute Gasteiger partial charge is 0.256 e. The molecule has 0 aliphatic carbocycles. The number of anilines is 1. The maximum atomic E-state index is 13.4. The van der Waals surface area contributed by atoms with Gasteiger partial charge in [0.25, 0.3) is 5.91 Å². The molecule has 5 nitrogen and oxygen atoms in total. The maximum absolute atomic E-state index is 13.4. The third-order valence-electron chi connectivity index (χ3n) is 6.05. The highest BCUT2D eigenvalue weighted by Crippen LogP contribution is 2.29. The molecule has 0 fully saturated rings. The van der Waals surface area contributed by atoms with Crippen LogP contribution in [0, 0.1) is 27.7 Å². The van der Waals surface area contributed by atoms with Gasteiger partial charge in [-0.05, 0) is 75.7 Å². The summed E-state index contributed by atoms with van der Waals surface area (Å²) >= 11 is 0. The molecule has 0 spiro atoms. The number of nitrogens with zero attached hydrogens (tertiary/aromatic N) is 3. The highest BCUT2D eigenvalue weighted by atomic mass is 16.1. The summed E-state index contributed by atoms with van der Waals surface area (Å²) in [5, 5.41) is 8.50. The van der Waals surface area contributed by atoms with E-state index < -0.39 is 0 Å². The molecule has 0 unspecified atom stereocenters. The van der Waals surface area contributed by atoms with Crippen molar-refractivity contribution >= 4 is 22.5 Å². The van der Waals surface area contributed by atoms with Gasteiger partial charge in [-0.15, -0.1) is 0 Å². The topological polar surface area (TPSA) is 59.8 Å². The molecule has 0 bridgehead atoms. The van der Waals surface area contributed by atoms with Crippen molar-refractivity contribution in [2.45, 2.75) is 27.7 Å². The fourth-order valence-electron chi connectivity index (χ4n) is 4.19. The molecule has 5 aromatic rings. The molecule has 34 heavy (non-hydrogen) atoms. The highest BCUT2D eigenvalue weighted by molar-refractivity contribution is 6.13. The van der Waals surface area contributed by atoms with Crippen LogP contribution in [0.5, 0.6) is 0 Å². The van der Waals surface area contributed by atoms with E-state index >= 15 is 0 Å². The Bertz CT molecular complexity index is 1530. The molecule has 2 aromatic heterocycles. The van der Waals surface area contributed by atoms with E-state index in [0.717, 1.165) is 50.4 Å². The van der Waals surface area contributed by atoms with Crippen LogP contribution in [0.25, 0.3) is 27.8 Å². The number of carbonyl (C=O) groups is 1. The minimum absolute atomic E-state index is 0.159. The highest BCUT2D eigenvalue weighted by Gasteiger charge is 2.18. The third-order valence-corrected chi connectivity index (χ3v) is 6.05. The Labute approximate surface area is 199 Å². The fourth-order valence-corrected chi connectivity index (χ4v) is 4.19. The van der Waals surface area contributed by atoms with Crippen LogP contribution in [-0.4, -0.2) is 20.7 Å². The molecule has 3 aromatic carbocycles. The summed E-state index contributed by atoms with van der Waals surface area (Å²) in [5.41, 5.74) is 9.08. The van der Waals surface area contributed by atoms with Gasteiger partial charge in [-0.1, -0.05) is 41.5 Å². The van der Waals surface area contributed by atoms with Crippen LogP contribution in [0.15, 0.2) is 79.0 Å². The summed E-state index contributed by atoms with van der Waals surface area (Å²) < 4.78 is 1.91. The average Bonchev–Trinajstić information content (AvgIpc) is 3.20. The Morgan fingerprint density at radius 3 is 2.32 bits per heavy atom. The zero-order valence-corrected chi connectivity index (χ0v) is 19.8. The third kappa shape index (κ3) is 4.08. The first-order chi connectivity index (χ1) is 16.4. The Morgan fingerprint density at radius 2 is 1.56 bits per heavy atom. The van der Waals surface area contributed by atoms with Crippen LogP contribution in [0.3, 0.4) is 0 Å². The normalized spacial score (nSPS) is 11.1. The summed E-state index contributed by atoms with van der Waals surface area (Å²) in [6.07, 6.45) is 1.82. The fraction of sp³-hybridized carbons (Fsp3) is 0.138. The van der Waals surface area contributed by atoms with Crippen molar-refractivity contribution in [2.24, 2.45) is 0 Å². The van der Waals surface area contributed by atoms with Crippen molar-refractivity contribution < 1.29 is 4.79 Å². The molecule has 0 radical (unpaired) electrons. The minimum atomic E-state index is -0.159. The summed E-state index contributed by atoms with van der Waals surface area (Å²) in [6.45, 7) is 8.11. The quantitative estimate of drug-likeness (QED) is 0.339. The lowest BCUT2D eigenvalue weighted by atomic mass is 10.0. The van der Waals surface area contributed by atoms with E-state index in [1.54, 1.807) is 0 Å². The van der Waals surface area contributed by atoms with Crippen LogP contribution < -0.4 is 5.32 Å². The first-order valence-corrected chi connectivity index (χ1v) is 11.3. The summed E-state index contributed by atoms with van der Waals surface area (Å²) in [4.78, 5) is 18.3. The molecule has 5 heteroatoms. The molecule has 0 atom stereocenters. The van der Waals surface area contributed by atoms with E-state index in [1.807, 2.05) is 80.2 Å². The molecular formula is C29H26N4O. The molecule has 2 heterocycles. The Kier molecular flexibility index (Phi) is 5.46. The number of aryl methyl sites for hydroxylation is 3. The number of amides is 1. The zero-order chi connectivity index (χ0) is 23.8. The lowest BCUT2D eigenvalue weighted by Crippen LogP contribution is -2.13. The van der Waals surface area contributed by atoms with Gasteiger partial charge in [0.2, 0.25) is 0 Å². The van der Waals surface area contributed by atoms with Crippen molar-refractivity contribution in [1.29, 1.82) is 0 Å². The van der Waals surface area contributed by atoms with Gasteiger partial charge in [-0.25, -0.2) is 9.67 Å². The van der Waals surface area contributed by atoms with Crippen molar-refractivity contribution in [3.8, 4) is 16.9 Å². The Morgan fingerprint density at radius 1 is 0.824 bits per heavy atom. The summed E-state index contributed by atoms with van der Waals surface area (Å²) in [7, 11) is 0. The largest absolute Gasteiger partial charge is 0.322 e. The second kappa shape index (κ2) is 8.60. The molecule has 168 valence electrons. The molecule has 1 N–H and O–H groups in total. The molecule has 0 aliphatic heterocycles. The number of benzene rings is 3. The van der Waals surface area contributed by atoms with E-state index in [9.17, 15) is 4.79 Å². The Balaban J connectivity index is 1.61. The molecule has 0 saturated carbocycles. The van der Waals surface area contributed by atoms with Gasteiger partial charge in [0.15, 0.2) is 0 Å². The number of rotatable bonds is 4. The van der Waals surface area contributed by atoms with E-state index in [2.05, 4.69) is 41.6 Å². The Hall–Kier alpha value is -4.25. The summed E-state index contributed by atoms with van der Waals surface area (Å²) in [5.74, 6) is -0.159. The van der Waals surface area contributed by atoms with Crippen molar-refractivity contribution in [2.75, 3.05) is 5.32 Å². The second-order valence-electron chi connectivity index (χ2n) is 8.79. The van der Waals surface area contributed by atoms with Gasteiger partial charge >= 0.3 is 0 Å². The number of carbonyl (C=O) groups excluding carboxylic acids is 1. The van der Waals surface area contributed by atoms with Gasteiger partial charge in [-0.3, -0.25) is 4.79 Å². The lowest BCUT2D eigenvalue weighted by Gasteiger charge is -2.12. The molecular weight excluding hydrogens is 420 g/mol. The van der Waals surface area contributed by atoms with Crippen LogP contribution in [0.4, 0.5) is 5.69 Å². The second-order valence-corrected chi connectivity index (χ2v) is 8.79. The predicted octanol–water partition coefficient (Wildman–Crippen LogP) is 6.57. The maximum Gasteiger partial charge on any atom is 0.256 e. The first-order valence-electron chi connectivity index (χ1n) is 11.3. The van der Waals surface area contributed by atoms with Crippen molar-refractivity contribution in [3.05, 3.63) is 107 Å². The predicted molar refractivity (Wildman–Crippen MR) is 138 cm³/mol. The minimum Gasteiger partial charge on any atom is -0.322 e. The lowest BCUT2D eigenvalue weighted by molar-refractivity contribution is 0.102. The van der Waals surface area contributed by atoms with Crippen molar-refractivity contribution in [3.63, 3.8) is 0 Å². The van der Waals surface area contributed by atoms with E-state index in [4.69, 9.17) is 4.98 Å². The number of hydrogen-bond acceptors (Lipinski definition) is 3. The number of aromatic nitrogens is 3. The SMILES string of the molecule is Cc1ccc(-n2ncc(-c3cc(C(=O)Nc4cccc(C)c4)c4cc(C)ccc4n3)c2C)cc1. The van der Waals surface area contributed by atoms with Crippen LogP contribution in [0.1, 0.15) is 32.7 Å². The van der Waals surface area contributed by atoms with E-state index in [1.165, 1.54) is 5.56 Å². The van der Waals surface area contributed by atoms with Gasteiger partial charge in [0, 0.05) is 16.6 Å². The van der Waals surface area contributed by atoms with Gasteiger partial charge < -0.3 is 5.32 Å². The molecule has 5 rings (SSSR count). The number of hydrogen-bond donors (Lipinski definition) is 1. The molecule has 1 amide bonds. The van der Waals surface area contributed by atoms with E-state index in [0.29, 0.717) is 5.56 Å². The molecule has 0 saturated heterocycles. The number of pyridine rings is 1. The van der Waals surface area contributed by atoms with Gasteiger partial charge in [0.1, 0.15) is 0 Å². The molecule has 0 aliphatic rings. The van der Waals surface area contributed by atoms with E-state index in [-0.39, 0.29) is 5.91 Å². The standard InChI is InChI=1S/C29H26N4O/c1-18-8-11-23(12-9-18)33-21(4)26(17-30-33)28-16-25(24-15-20(3)10-13-27(24)32-28)29(34)31-22-7-5-6-19(2)14-22/h5-17H,1-4H3,(H,31,34). The van der Waals surface area contributed by atoms with Gasteiger partial charge in [-0.2, -0.15) is 5.10 Å². The number of fused-ring (bicyclic) bond motifs is 1. The van der Waals surface area contributed by atoms with Crippen molar-refractivity contribution in [1.82, 2.24) is 14.8 Å². The van der Waals surface area contributed by atoms with Gasteiger partial charge in [0.05, 0.1) is 34.4 Å². The van der Waals surface area contributed by atoms with Crippen LogP contribution >= 0.6 is 0 Å². The monoisotopic (exact) mass is 446 g/mol. The first kappa shape index (κ1) is 21.6. The van der Waals surface area contributed by atoms with Crippen LogP contribution in [0.2, 0.25) is 0 Å². The summed E-state index contributed by atoms with van der Waals surface area (Å²) in [6, 6.07) is 23.9. The average molecular weight is 447 g/mol. The zero-order valence-electron chi connectivity index (χ0n) is 19.8. The van der Waals surface area contributed by atoms with Crippen LogP contribution in [-0.2, 0) is 0 Å². The number of nitrogens with one attached hydrogen (secondary N) is 1.